The molecule has 0 saturated carbocycles. The van der Waals surface area contributed by atoms with Gasteiger partial charge in [-0.25, -0.2) is 9.97 Å². The number of fused-ring (bicyclic) bond motifs is 1. The van der Waals surface area contributed by atoms with Gasteiger partial charge in [0.2, 0.25) is 5.95 Å². The van der Waals surface area contributed by atoms with Crippen molar-refractivity contribution in [3.8, 4) is 0 Å². The number of nitrogens with one attached hydrogen (secondary N) is 2. The molecule has 2 N–H and O–H groups in total. The molecule has 0 aromatic carbocycles. The Kier molecular flexibility index (Phi) is 5.44. The summed E-state index contributed by atoms with van der Waals surface area (Å²) in [7, 11) is 0. The molecule has 4 aromatic rings. The van der Waals surface area contributed by atoms with E-state index in [2.05, 4.69) is 30.6 Å². The van der Waals surface area contributed by atoms with Crippen LogP contribution in [0.3, 0.4) is 0 Å². The highest BCUT2D eigenvalue weighted by Gasteiger charge is 2.19. The average molecular weight is 404 g/mol. The Hall–Kier alpha value is -3.39. The van der Waals surface area contributed by atoms with E-state index in [-0.39, 0.29) is 18.0 Å². The molecule has 0 aliphatic heterocycles. The van der Waals surface area contributed by atoms with Crippen LogP contribution in [0.5, 0.6) is 0 Å². The summed E-state index contributed by atoms with van der Waals surface area (Å²) in [5, 5.41) is 8.19. The smallest absolute Gasteiger partial charge is 0.272 e. The summed E-state index contributed by atoms with van der Waals surface area (Å²) < 4.78 is 0.764. The Morgan fingerprint density at radius 2 is 1.66 bits per heavy atom. The first kappa shape index (κ1) is 18.9. The minimum Gasteiger partial charge on any atom is -0.348 e. The summed E-state index contributed by atoms with van der Waals surface area (Å²) in [5.41, 5.74) is 3.05. The van der Waals surface area contributed by atoms with Crippen LogP contribution in [0.1, 0.15) is 47.5 Å². The molecule has 29 heavy (non-hydrogen) atoms. The molecule has 0 spiro atoms. The van der Waals surface area contributed by atoms with Crippen molar-refractivity contribution in [2.45, 2.75) is 25.9 Å². The SMILES string of the molecule is C[C@H](Nc1nc(C(=O)N[C@H](C)c2cccnc2)c2sccc2n1)c1cccnc1. The normalized spacial score (nSPS) is 13.0. The highest BCUT2D eigenvalue weighted by atomic mass is 32.1. The fourth-order valence-electron chi connectivity index (χ4n) is 2.97. The van der Waals surface area contributed by atoms with E-state index in [1.807, 2.05) is 49.6 Å². The number of carbonyl (C=O) groups is 1. The molecule has 0 aliphatic rings. The van der Waals surface area contributed by atoms with Crippen LogP contribution >= 0.6 is 11.3 Å². The standard InChI is InChI=1S/C21H20N6OS/c1-13(15-5-3-8-22-11-15)24-20(28)18-19-17(7-10-29-19)26-21(27-18)25-14(2)16-6-4-9-23-12-16/h3-14H,1-2H3,(H,24,28)(H,25,26,27)/t13-,14+/m1/s1. The molecule has 8 heteroatoms. The summed E-state index contributed by atoms with van der Waals surface area (Å²) in [6.45, 7) is 3.92. The first-order chi connectivity index (χ1) is 14.1. The Bertz CT molecular complexity index is 1120. The topological polar surface area (TPSA) is 92.7 Å². The van der Waals surface area contributed by atoms with Gasteiger partial charge >= 0.3 is 0 Å². The van der Waals surface area contributed by atoms with E-state index >= 15 is 0 Å². The van der Waals surface area contributed by atoms with Gasteiger partial charge in [0, 0.05) is 24.8 Å². The molecule has 0 unspecified atom stereocenters. The van der Waals surface area contributed by atoms with E-state index in [0.717, 1.165) is 21.3 Å². The first-order valence-corrected chi connectivity index (χ1v) is 10.1. The van der Waals surface area contributed by atoms with E-state index in [1.54, 1.807) is 24.8 Å². The second kappa shape index (κ2) is 8.32. The summed E-state index contributed by atoms with van der Waals surface area (Å²) >= 11 is 1.45. The zero-order valence-corrected chi connectivity index (χ0v) is 16.9. The lowest BCUT2D eigenvalue weighted by Gasteiger charge is -2.16. The minimum atomic E-state index is -0.242. The van der Waals surface area contributed by atoms with Crippen LogP contribution in [0.25, 0.3) is 10.2 Å². The lowest BCUT2D eigenvalue weighted by atomic mass is 10.1. The predicted molar refractivity (Wildman–Crippen MR) is 114 cm³/mol. The molecule has 0 radical (unpaired) electrons. The largest absolute Gasteiger partial charge is 0.348 e. The maximum Gasteiger partial charge on any atom is 0.272 e. The van der Waals surface area contributed by atoms with Crippen molar-refractivity contribution >= 4 is 33.4 Å². The Morgan fingerprint density at radius 3 is 2.31 bits per heavy atom. The molecule has 4 heterocycles. The number of amides is 1. The third-order valence-electron chi connectivity index (χ3n) is 4.58. The fourth-order valence-corrected chi connectivity index (χ4v) is 3.79. The molecule has 0 aliphatic carbocycles. The number of thiophene rings is 1. The number of nitrogens with zero attached hydrogens (tertiary/aromatic N) is 4. The van der Waals surface area contributed by atoms with E-state index < -0.39 is 0 Å². The molecule has 0 fully saturated rings. The van der Waals surface area contributed by atoms with Crippen molar-refractivity contribution in [3.63, 3.8) is 0 Å². The number of anilines is 1. The van der Waals surface area contributed by atoms with E-state index in [9.17, 15) is 4.79 Å². The van der Waals surface area contributed by atoms with Crippen molar-refractivity contribution in [1.82, 2.24) is 25.3 Å². The van der Waals surface area contributed by atoms with Crippen molar-refractivity contribution < 1.29 is 4.79 Å². The highest BCUT2D eigenvalue weighted by Crippen LogP contribution is 2.26. The Labute approximate surface area is 172 Å². The molecule has 1 amide bonds. The number of carbonyl (C=O) groups excluding carboxylic acids is 1. The highest BCUT2D eigenvalue weighted by molar-refractivity contribution is 7.17. The van der Waals surface area contributed by atoms with Crippen LogP contribution in [0.2, 0.25) is 0 Å². The van der Waals surface area contributed by atoms with Gasteiger partial charge in [-0.2, -0.15) is 0 Å². The van der Waals surface area contributed by atoms with Crippen LogP contribution in [0, 0.1) is 0 Å². The molecular weight excluding hydrogens is 384 g/mol. The van der Waals surface area contributed by atoms with Gasteiger partial charge in [-0.15, -0.1) is 11.3 Å². The van der Waals surface area contributed by atoms with Gasteiger partial charge in [0.05, 0.1) is 22.3 Å². The molecule has 4 rings (SSSR count). The van der Waals surface area contributed by atoms with Crippen LogP contribution in [0.4, 0.5) is 5.95 Å². The van der Waals surface area contributed by atoms with Gasteiger partial charge in [-0.3, -0.25) is 14.8 Å². The van der Waals surface area contributed by atoms with Gasteiger partial charge in [0.25, 0.3) is 5.91 Å². The van der Waals surface area contributed by atoms with Crippen LogP contribution in [-0.2, 0) is 0 Å². The quantitative estimate of drug-likeness (QED) is 0.502. The molecule has 0 saturated heterocycles. The number of rotatable bonds is 6. The third-order valence-corrected chi connectivity index (χ3v) is 5.49. The maximum atomic E-state index is 13.0. The van der Waals surface area contributed by atoms with Crippen molar-refractivity contribution in [2.24, 2.45) is 0 Å². The summed E-state index contributed by atoms with van der Waals surface area (Å²) in [6, 6.07) is 9.30. The zero-order valence-electron chi connectivity index (χ0n) is 16.0. The predicted octanol–water partition coefficient (Wildman–Crippen LogP) is 4.15. The molecule has 7 nitrogen and oxygen atoms in total. The first-order valence-electron chi connectivity index (χ1n) is 9.24. The molecular formula is C21H20N6OS. The van der Waals surface area contributed by atoms with E-state index in [4.69, 9.17) is 0 Å². The number of aromatic nitrogens is 4. The van der Waals surface area contributed by atoms with Crippen LogP contribution in [-0.4, -0.2) is 25.8 Å². The summed E-state index contributed by atoms with van der Waals surface area (Å²) in [4.78, 5) is 30.3. The number of pyridine rings is 2. The fraction of sp³-hybridized carbons (Fsp3) is 0.190. The van der Waals surface area contributed by atoms with Gasteiger partial charge in [0.1, 0.15) is 0 Å². The van der Waals surface area contributed by atoms with Crippen molar-refractivity contribution in [2.75, 3.05) is 5.32 Å². The average Bonchev–Trinajstić information content (AvgIpc) is 3.23. The Balaban J connectivity index is 1.60. The molecule has 146 valence electrons. The van der Waals surface area contributed by atoms with Gasteiger partial charge in [0.15, 0.2) is 5.69 Å². The lowest BCUT2D eigenvalue weighted by Crippen LogP contribution is -2.28. The number of hydrogen-bond acceptors (Lipinski definition) is 7. The van der Waals surface area contributed by atoms with Crippen molar-refractivity contribution in [3.05, 3.63) is 77.3 Å². The van der Waals surface area contributed by atoms with Crippen molar-refractivity contribution in [1.29, 1.82) is 0 Å². The second-order valence-corrected chi connectivity index (χ2v) is 7.58. The number of hydrogen-bond donors (Lipinski definition) is 2. The van der Waals surface area contributed by atoms with Crippen LogP contribution < -0.4 is 10.6 Å². The monoisotopic (exact) mass is 404 g/mol. The minimum absolute atomic E-state index is 0.0509. The van der Waals surface area contributed by atoms with E-state index in [1.165, 1.54) is 11.3 Å². The van der Waals surface area contributed by atoms with E-state index in [0.29, 0.717) is 11.6 Å². The van der Waals surface area contributed by atoms with Crippen LogP contribution in [0.15, 0.2) is 60.5 Å². The van der Waals surface area contributed by atoms with Gasteiger partial charge in [-0.05, 0) is 48.6 Å². The summed E-state index contributed by atoms with van der Waals surface area (Å²) in [6.07, 6.45) is 6.98. The molecule has 0 bridgehead atoms. The second-order valence-electron chi connectivity index (χ2n) is 6.66. The maximum absolute atomic E-state index is 13.0. The zero-order chi connectivity index (χ0) is 20.2. The molecule has 2 atom stereocenters. The third kappa shape index (κ3) is 4.22. The lowest BCUT2D eigenvalue weighted by molar-refractivity contribution is 0.0937. The Morgan fingerprint density at radius 1 is 0.966 bits per heavy atom. The van der Waals surface area contributed by atoms with Gasteiger partial charge in [-0.1, -0.05) is 12.1 Å². The van der Waals surface area contributed by atoms with Gasteiger partial charge < -0.3 is 10.6 Å². The molecule has 4 aromatic heterocycles. The summed E-state index contributed by atoms with van der Waals surface area (Å²) in [5.74, 6) is 0.166.